The van der Waals surface area contributed by atoms with Gasteiger partial charge < -0.3 is 10.2 Å². The second kappa shape index (κ2) is 7.85. The lowest BCUT2D eigenvalue weighted by Gasteiger charge is -2.35. The van der Waals surface area contributed by atoms with Crippen LogP contribution >= 0.6 is 11.6 Å². The number of halogens is 2. The van der Waals surface area contributed by atoms with Crippen LogP contribution in [0.5, 0.6) is 0 Å². The van der Waals surface area contributed by atoms with E-state index in [1.54, 1.807) is 18.2 Å². The first-order chi connectivity index (χ1) is 12.0. The molecule has 6 heteroatoms. The Balaban J connectivity index is 1.50. The molecule has 1 N–H and O–H groups in total. The molecule has 0 spiro atoms. The molecule has 2 aromatic rings. The van der Waals surface area contributed by atoms with Gasteiger partial charge in [-0.1, -0.05) is 11.6 Å². The van der Waals surface area contributed by atoms with Gasteiger partial charge in [0, 0.05) is 42.6 Å². The zero-order chi connectivity index (χ0) is 17.8. The number of carbonyl (C=O) groups excluding carboxylic acids is 1. The monoisotopic (exact) mass is 361 g/mol. The Hall–Kier alpha value is -2.11. The quantitative estimate of drug-likeness (QED) is 0.904. The molecular weight excluding hydrogens is 341 g/mol. The van der Waals surface area contributed by atoms with Gasteiger partial charge in [-0.05, 0) is 55.0 Å². The predicted octanol–water partition coefficient (Wildman–Crippen LogP) is 3.55. The van der Waals surface area contributed by atoms with E-state index >= 15 is 0 Å². The molecule has 1 fully saturated rings. The van der Waals surface area contributed by atoms with Gasteiger partial charge >= 0.3 is 0 Å². The van der Waals surface area contributed by atoms with Crippen LogP contribution in [-0.2, 0) is 4.79 Å². The van der Waals surface area contributed by atoms with Crippen LogP contribution in [0, 0.1) is 12.7 Å². The Morgan fingerprint density at radius 1 is 1.12 bits per heavy atom. The molecule has 0 unspecified atom stereocenters. The normalized spacial score (nSPS) is 15.2. The molecule has 0 atom stereocenters. The van der Waals surface area contributed by atoms with Gasteiger partial charge in [-0.25, -0.2) is 4.39 Å². The van der Waals surface area contributed by atoms with Gasteiger partial charge in [-0.3, -0.25) is 9.69 Å². The number of amides is 1. The molecule has 25 heavy (non-hydrogen) atoms. The van der Waals surface area contributed by atoms with Crippen molar-refractivity contribution in [1.82, 2.24) is 4.90 Å². The van der Waals surface area contributed by atoms with Gasteiger partial charge in [0.05, 0.1) is 6.54 Å². The number of piperazine rings is 1. The largest absolute Gasteiger partial charge is 0.369 e. The maximum atomic E-state index is 13.0. The fraction of sp³-hybridized carbons (Fsp3) is 0.316. The summed E-state index contributed by atoms with van der Waals surface area (Å²) in [5.41, 5.74) is 2.75. The van der Waals surface area contributed by atoms with Gasteiger partial charge in [0.15, 0.2) is 0 Å². The summed E-state index contributed by atoms with van der Waals surface area (Å²) >= 11 is 5.94. The Bertz CT molecular complexity index is 743. The van der Waals surface area contributed by atoms with Gasteiger partial charge in [0.2, 0.25) is 5.91 Å². The van der Waals surface area contributed by atoms with E-state index in [9.17, 15) is 9.18 Å². The molecule has 2 aromatic carbocycles. The van der Waals surface area contributed by atoms with Crippen molar-refractivity contribution in [3.05, 3.63) is 58.9 Å². The third-order valence-electron chi connectivity index (χ3n) is 4.39. The summed E-state index contributed by atoms with van der Waals surface area (Å²) in [6.07, 6.45) is 0. The summed E-state index contributed by atoms with van der Waals surface area (Å²) in [6.45, 7) is 5.51. The van der Waals surface area contributed by atoms with Crippen LogP contribution < -0.4 is 10.2 Å². The number of nitrogens with one attached hydrogen (secondary N) is 1. The minimum Gasteiger partial charge on any atom is -0.369 e. The summed E-state index contributed by atoms with van der Waals surface area (Å²) in [5, 5.41) is 3.60. The number of anilines is 2. The van der Waals surface area contributed by atoms with Crippen molar-refractivity contribution in [2.24, 2.45) is 0 Å². The van der Waals surface area contributed by atoms with Crippen molar-refractivity contribution in [2.75, 3.05) is 42.9 Å². The Morgan fingerprint density at radius 2 is 1.80 bits per heavy atom. The van der Waals surface area contributed by atoms with E-state index in [1.807, 2.05) is 19.1 Å². The fourth-order valence-electron chi connectivity index (χ4n) is 2.98. The topological polar surface area (TPSA) is 35.6 Å². The van der Waals surface area contributed by atoms with E-state index in [0.717, 1.165) is 43.1 Å². The summed E-state index contributed by atoms with van der Waals surface area (Å²) in [4.78, 5) is 16.6. The lowest BCUT2D eigenvalue weighted by Crippen LogP contribution is -2.48. The Morgan fingerprint density at radius 3 is 2.44 bits per heavy atom. The summed E-state index contributed by atoms with van der Waals surface area (Å²) in [6, 6.07) is 12.0. The highest BCUT2D eigenvalue weighted by Gasteiger charge is 2.19. The molecule has 0 saturated carbocycles. The highest BCUT2D eigenvalue weighted by atomic mass is 35.5. The number of rotatable bonds is 4. The van der Waals surface area contributed by atoms with E-state index in [4.69, 9.17) is 11.6 Å². The molecule has 0 bridgehead atoms. The molecule has 1 aliphatic heterocycles. The molecule has 0 aliphatic carbocycles. The lowest BCUT2D eigenvalue weighted by molar-refractivity contribution is -0.117. The zero-order valence-corrected chi connectivity index (χ0v) is 14.9. The van der Waals surface area contributed by atoms with E-state index in [0.29, 0.717) is 11.6 Å². The van der Waals surface area contributed by atoms with E-state index in [-0.39, 0.29) is 11.7 Å². The molecule has 3 rings (SSSR count). The van der Waals surface area contributed by atoms with Gasteiger partial charge in [0.25, 0.3) is 0 Å². The highest BCUT2D eigenvalue weighted by molar-refractivity contribution is 6.30. The van der Waals surface area contributed by atoms with Gasteiger partial charge in [0.1, 0.15) is 5.82 Å². The van der Waals surface area contributed by atoms with Crippen molar-refractivity contribution in [3.8, 4) is 0 Å². The predicted molar refractivity (Wildman–Crippen MR) is 99.9 cm³/mol. The molecule has 132 valence electrons. The maximum absolute atomic E-state index is 13.0. The average molecular weight is 362 g/mol. The lowest BCUT2D eigenvalue weighted by atomic mass is 10.2. The fourth-order valence-corrected chi connectivity index (χ4v) is 3.20. The number of benzene rings is 2. The molecule has 0 radical (unpaired) electrons. The van der Waals surface area contributed by atoms with E-state index in [1.165, 1.54) is 12.1 Å². The van der Waals surface area contributed by atoms with Crippen LogP contribution in [0.3, 0.4) is 0 Å². The standard InChI is InChI=1S/C19H21ClFN3O/c1-14-12-15(20)2-7-18(14)22-19(25)13-23-8-10-24(11-9-23)17-5-3-16(21)4-6-17/h2-7,12H,8-11,13H2,1H3,(H,22,25). The third kappa shape index (κ3) is 4.71. The number of hydrogen-bond donors (Lipinski definition) is 1. The van der Waals surface area contributed by atoms with Crippen molar-refractivity contribution in [1.29, 1.82) is 0 Å². The Kier molecular flexibility index (Phi) is 5.56. The minimum absolute atomic E-state index is 0.0272. The second-order valence-electron chi connectivity index (χ2n) is 6.25. The van der Waals surface area contributed by atoms with E-state index in [2.05, 4.69) is 15.1 Å². The third-order valence-corrected chi connectivity index (χ3v) is 4.63. The van der Waals surface area contributed by atoms with Crippen LogP contribution in [-0.4, -0.2) is 43.5 Å². The van der Waals surface area contributed by atoms with Crippen LogP contribution in [0.1, 0.15) is 5.56 Å². The molecule has 1 saturated heterocycles. The summed E-state index contributed by atoms with van der Waals surface area (Å²) < 4.78 is 13.0. The first-order valence-electron chi connectivity index (χ1n) is 8.30. The Labute approximate surface area is 152 Å². The SMILES string of the molecule is Cc1cc(Cl)ccc1NC(=O)CN1CCN(c2ccc(F)cc2)CC1. The van der Waals surface area contributed by atoms with Crippen molar-refractivity contribution >= 4 is 28.9 Å². The number of nitrogens with zero attached hydrogens (tertiary/aromatic N) is 2. The molecule has 1 amide bonds. The van der Waals surface area contributed by atoms with Crippen molar-refractivity contribution in [2.45, 2.75) is 6.92 Å². The van der Waals surface area contributed by atoms with Crippen LogP contribution in [0.25, 0.3) is 0 Å². The van der Waals surface area contributed by atoms with E-state index < -0.39 is 0 Å². The molecule has 0 aromatic heterocycles. The second-order valence-corrected chi connectivity index (χ2v) is 6.68. The minimum atomic E-state index is -0.225. The first kappa shape index (κ1) is 17.7. The number of aryl methyl sites for hydroxylation is 1. The molecule has 1 heterocycles. The molecule has 1 aliphatic rings. The maximum Gasteiger partial charge on any atom is 0.238 e. The average Bonchev–Trinajstić information content (AvgIpc) is 2.59. The summed E-state index contributed by atoms with van der Waals surface area (Å²) in [7, 11) is 0. The highest BCUT2D eigenvalue weighted by Crippen LogP contribution is 2.20. The first-order valence-corrected chi connectivity index (χ1v) is 8.68. The van der Waals surface area contributed by atoms with Crippen LogP contribution in [0.15, 0.2) is 42.5 Å². The van der Waals surface area contributed by atoms with Crippen LogP contribution in [0.4, 0.5) is 15.8 Å². The summed E-state index contributed by atoms with van der Waals surface area (Å²) in [5.74, 6) is -0.253. The van der Waals surface area contributed by atoms with Gasteiger partial charge in [-0.15, -0.1) is 0 Å². The van der Waals surface area contributed by atoms with Crippen LogP contribution in [0.2, 0.25) is 5.02 Å². The van der Waals surface area contributed by atoms with Gasteiger partial charge in [-0.2, -0.15) is 0 Å². The molecular formula is C19H21ClFN3O. The smallest absolute Gasteiger partial charge is 0.238 e. The number of carbonyl (C=O) groups is 1. The van der Waals surface area contributed by atoms with Crippen molar-refractivity contribution in [3.63, 3.8) is 0 Å². The number of hydrogen-bond acceptors (Lipinski definition) is 3. The van der Waals surface area contributed by atoms with Crippen molar-refractivity contribution < 1.29 is 9.18 Å². The molecule has 4 nitrogen and oxygen atoms in total. The zero-order valence-electron chi connectivity index (χ0n) is 14.1.